The lowest BCUT2D eigenvalue weighted by Crippen LogP contribution is -1.98. The maximum absolute atomic E-state index is 9.28. The maximum atomic E-state index is 9.28. The molecule has 0 saturated heterocycles. The van der Waals surface area contributed by atoms with E-state index < -0.39 is 0 Å². The first kappa shape index (κ1) is 10.6. The summed E-state index contributed by atoms with van der Waals surface area (Å²) in [5, 5.41) is 12.5. The standard InChI is InChI=1S/C12H14N2O2/c13-6-12-4-9(8-16-12)7-14-10-2-1-3-11(15)5-10/h1-5,8,14-15H,6-7,13H2. The third-order valence-electron chi connectivity index (χ3n) is 2.25. The second kappa shape index (κ2) is 4.72. The van der Waals surface area contributed by atoms with Gasteiger partial charge in [0.25, 0.3) is 0 Å². The zero-order valence-corrected chi connectivity index (χ0v) is 8.81. The average molecular weight is 218 g/mol. The number of furan rings is 1. The number of benzene rings is 1. The smallest absolute Gasteiger partial charge is 0.117 e. The lowest BCUT2D eigenvalue weighted by Gasteiger charge is -2.04. The lowest BCUT2D eigenvalue weighted by molar-refractivity contribution is 0.475. The minimum absolute atomic E-state index is 0.250. The van der Waals surface area contributed by atoms with Gasteiger partial charge in [-0.1, -0.05) is 6.07 Å². The minimum Gasteiger partial charge on any atom is -0.508 e. The van der Waals surface area contributed by atoms with Crippen LogP contribution in [0.25, 0.3) is 0 Å². The fourth-order valence-corrected chi connectivity index (χ4v) is 1.45. The zero-order chi connectivity index (χ0) is 11.4. The maximum Gasteiger partial charge on any atom is 0.117 e. The largest absolute Gasteiger partial charge is 0.508 e. The van der Waals surface area contributed by atoms with Crippen LogP contribution in [0.3, 0.4) is 0 Å². The van der Waals surface area contributed by atoms with E-state index in [1.54, 1.807) is 24.5 Å². The van der Waals surface area contributed by atoms with Crippen LogP contribution in [-0.4, -0.2) is 5.11 Å². The first-order valence-electron chi connectivity index (χ1n) is 5.07. The van der Waals surface area contributed by atoms with E-state index in [2.05, 4.69) is 5.32 Å². The Morgan fingerprint density at radius 3 is 2.88 bits per heavy atom. The first-order chi connectivity index (χ1) is 7.78. The summed E-state index contributed by atoms with van der Waals surface area (Å²) in [4.78, 5) is 0. The van der Waals surface area contributed by atoms with Crippen LogP contribution in [0.2, 0.25) is 0 Å². The van der Waals surface area contributed by atoms with E-state index in [4.69, 9.17) is 10.2 Å². The highest BCUT2D eigenvalue weighted by atomic mass is 16.3. The number of rotatable bonds is 4. The molecule has 1 aromatic heterocycles. The summed E-state index contributed by atoms with van der Waals surface area (Å²) in [6.07, 6.45) is 1.68. The van der Waals surface area contributed by atoms with Crippen molar-refractivity contribution >= 4 is 5.69 Å². The summed E-state index contributed by atoms with van der Waals surface area (Å²) in [6.45, 7) is 1.05. The second-order valence-electron chi connectivity index (χ2n) is 3.53. The number of nitrogens with one attached hydrogen (secondary N) is 1. The fourth-order valence-electron chi connectivity index (χ4n) is 1.45. The molecule has 16 heavy (non-hydrogen) atoms. The number of phenols is 1. The van der Waals surface area contributed by atoms with E-state index in [1.807, 2.05) is 12.1 Å². The van der Waals surface area contributed by atoms with Crippen molar-refractivity contribution < 1.29 is 9.52 Å². The van der Waals surface area contributed by atoms with Crippen molar-refractivity contribution in [3.63, 3.8) is 0 Å². The van der Waals surface area contributed by atoms with Crippen LogP contribution in [-0.2, 0) is 13.1 Å². The van der Waals surface area contributed by atoms with Crippen LogP contribution in [0.15, 0.2) is 41.0 Å². The molecule has 2 aromatic rings. The van der Waals surface area contributed by atoms with Crippen LogP contribution in [0.4, 0.5) is 5.69 Å². The van der Waals surface area contributed by atoms with Gasteiger partial charge in [-0.25, -0.2) is 0 Å². The predicted molar refractivity (Wildman–Crippen MR) is 62.0 cm³/mol. The summed E-state index contributed by atoms with van der Waals surface area (Å²) < 4.78 is 5.21. The number of hydrogen-bond donors (Lipinski definition) is 3. The van der Waals surface area contributed by atoms with Crippen LogP contribution >= 0.6 is 0 Å². The number of aromatic hydroxyl groups is 1. The quantitative estimate of drug-likeness (QED) is 0.734. The van der Waals surface area contributed by atoms with Gasteiger partial charge < -0.3 is 20.6 Å². The Labute approximate surface area is 93.7 Å². The monoisotopic (exact) mass is 218 g/mol. The van der Waals surface area contributed by atoms with Gasteiger partial charge in [-0.2, -0.15) is 0 Å². The molecular formula is C12H14N2O2. The summed E-state index contributed by atoms with van der Waals surface area (Å²) in [7, 11) is 0. The molecule has 0 atom stereocenters. The molecule has 4 nitrogen and oxygen atoms in total. The van der Waals surface area contributed by atoms with E-state index in [1.165, 1.54) is 0 Å². The topological polar surface area (TPSA) is 71.4 Å². The van der Waals surface area contributed by atoms with Crippen molar-refractivity contribution in [2.45, 2.75) is 13.1 Å². The summed E-state index contributed by atoms with van der Waals surface area (Å²) in [6, 6.07) is 8.90. The van der Waals surface area contributed by atoms with Gasteiger partial charge in [0.1, 0.15) is 11.5 Å². The molecule has 0 bridgehead atoms. The Bertz CT molecular complexity index is 466. The van der Waals surface area contributed by atoms with E-state index in [9.17, 15) is 5.11 Å². The first-order valence-corrected chi connectivity index (χ1v) is 5.07. The van der Waals surface area contributed by atoms with E-state index in [-0.39, 0.29) is 5.75 Å². The second-order valence-corrected chi connectivity index (χ2v) is 3.53. The van der Waals surface area contributed by atoms with Gasteiger partial charge in [0.05, 0.1) is 12.8 Å². The summed E-state index contributed by atoms with van der Waals surface area (Å²) >= 11 is 0. The zero-order valence-electron chi connectivity index (χ0n) is 8.81. The molecule has 4 heteroatoms. The third-order valence-corrected chi connectivity index (χ3v) is 2.25. The molecule has 0 aliphatic rings. The van der Waals surface area contributed by atoms with E-state index in [0.717, 1.165) is 17.0 Å². The molecule has 0 radical (unpaired) electrons. The van der Waals surface area contributed by atoms with Crippen LogP contribution < -0.4 is 11.1 Å². The van der Waals surface area contributed by atoms with Crippen LogP contribution in [0, 0.1) is 0 Å². The fraction of sp³-hybridized carbons (Fsp3) is 0.167. The molecule has 84 valence electrons. The van der Waals surface area contributed by atoms with Crippen molar-refractivity contribution in [2.24, 2.45) is 5.73 Å². The minimum atomic E-state index is 0.250. The Morgan fingerprint density at radius 1 is 1.31 bits per heavy atom. The Morgan fingerprint density at radius 2 is 2.19 bits per heavy atom. The average Bonchev–Trinajstić information content (AvgIpc) is 2.74. The molecule has 2 rings (SSSR count). The van der Waals surface area contributed by atoms with Crippen molar-refractivity contribution in [1.29, 1.82) is 0 Å². The van der Waals surface area contributed by atoms with E-state index >= 15 is 0 Å². The third kappa shape index (κ3) is 2.55. The highest BCUT2D eigenvalue weighted by Gasteiger charge is 2.00. The molecule has 0 aliphatic heterocycles. The van der Waals surface area contributed by atoms with Crippen LogP contribution in [0.5, 0.6) is 5.75 Å². The summed E-state index contributed by atoms with van der Waals surface area (Å²) in [5.74, 6) is 1.02. The predicted octanol–water partition coefficient (Wildman–Crippen LogP) is 2.06. The molecule has 4 N–H and O–H groups in total. The van der Waals surface area contributed by atoms with Crippen molar-refractivity contribution in [3.05, 3.63) is 47.9 Å². The Hall–Kier alpha value is -1.94. The molecule has 0 amide bonds. The molecule has 0 unspecified atom stereocenters. The number of hydrogen-bond acceptors (Lipinski definition) is 4. The van der Waals surface area contributed by atoms with Crippen molar-refractivity contribution in [2.75, 3.05) is 5.32 Å². The molecule has 0 aliphatic carbocycles. The van der Waals surface area contributed by atoms with Crippen LogP contribution in [0.1, 0.15) is 11.3 Å². The molecule has 1 aromatic carbocycles. The molecule has 0 saturated carbocycles. The van der Waals surface area contributed by atoms with Gasteiger partial charge in [0.2, 0.25) is 0 Å². The highest BCUT2D eigenvalue weighted by molar-refractivity contribution is 5.47. The van der Waals surface area contributed by atoms with Gasteiger partial charge in [0, 0.05) is 23.9 Å². The Kier molecular flexibility index (Phi) is 3.12. The molecule has 0 spiro atoms. The molecular weight excluding hydrogens is 204 g/mol. The number of anilines is 1. The van der Waals surface area contributed by atoms with Gasteiger partial charge in [-0.05, 0) is 18.2 Å². The molecule has 0 fully saturated rings. The van der Waals surface area contributed by atoms with Gasteiger partial charge >= 0.3 is 0 Å². The van der Waals surface area contributed by atoms with Gasteiger partial charge in [-0.15, -0.1) is 0 Å². The number of phenolic OH excluding ortho intramolecular Hbond substituents is 1. The molecule has 1 heterocycles. The normalized spacial score (nSPS) is 10.3. The SMILES string of the molecule is NCc1cc(CNc2cccc(O)c2)co1. The van der Waals surface area contributed by atoms with Crippen molar-refractivity contribution in [1.82, 2.24) is 0 Å². The van der Waals surface area contributed by atoms with Crippen molar-refractivity contribution in [3.8, 4) is 5.75 Å². The Balaban J connectivity index is 1.96. The number of nitrogens with two attached hydrogens (primary N) is 1. The highest BCUT2D eigenvalue weighted by Crippen LogP contribution is 2.16. The van der Waals surface area contributed by atoms with E-state index in [0.29, 0.717) is 13.1 Å². The van der Waals surface area contributed by atoms with Gasteiger partial charge in [0.15, 0.2) is 0 Å². The lowest BCUT2D eigenvalue weighted by atomic mass is 10.2. The van der Waals surface area contributed by atoms with Gasteiger partial charge in [-0.3, -0.25) is 0 Å². The summed E-state index contributed by atoms with van der Waals surface area (Å²) in [5.41, 5.74) is 7.35.